The Morgan fingerprint density at radius 2 is 1.80 bits per heavy atom. The molecule has 2 aromatic rings. The number of nitrogens with two attached hydrogens (primary N) is 1. The van der Waals surface area contributed by atoms with E-state index in [-0.39, 0.29) is 6.04 Å². The topological polar surface area (TPSA) is 26.0 Å². The van der Waals surface area contributed by atoms with Crippen LogP contribution in [0, 0.1) is 11.8 Å². The summed E-state index contributed by atoms with van der Waals surface area (Å²) in [6.07, 6.45) is 2.49. The molecule has 4 unspecified atom stereocenters. The Balaban J connectivity index is 1.62. The van der Waals surface area contributed by atoms with Crippen molar-refractivity contribution in [1.82, 2.24) is 0 Å². The summed E-state index contributed by atoms with van der Waals surface area (Å²) in [4.78, 5) is 0. The van der Waals surface area contributed by atoms with Gasteiger partial charge in [-0.3, -0.25) is 0 Å². The van der Waals surface area contributed by atoms with Crippen LogP contribution in [0.4, 0.5) is 0 Å². The van der Waals surface area contributed by atoms with Crippen molar-refractivity contribution in [2.45, 2.75) is 24.8 Å². The summed E-state index contributed by atoms with van der Waals surface area (Å²) in [5.41, 5.74) is 10.8. The maximum atomic E-state index is 6.52. The lowest BCUT2D eigenvalue weighted by molar-refractivity contribution is 0.555. The summed E-state index contributed by atoms with van der Waals surface area (Å²) in [6.45, 7) is 0. The van der Waals surface area contributed by atoms with E-state index in [2.05, 4.69) is 36.4 Å². The third kappa shape index (κ3) is 1.88. The van der Waals surface area contributed by atoms with Crippen LogP contribution in [0.2, 0.25) is 5.02 Å². The van der Waals surface area contributed by atoms with Crippen LogP contribution < -0.4 is 5.73 Å². The second-order valence-corrected chi connectivity index (χ2v) is 6.52. The smallest absolute Gasteiger partial charge is 0.0406 e. The predicted molar refractivity (Wildman–Crippen MR) is 82.9 cm³/mol. The highest BCUT2D eigenvalue weighted by molar-refractivity contribution is 6.30. The van der Waals surface area contributed by atoms with Gasteiger partial charge in [-0.15, -0.1) is 0 Å². The van der Waals surface area contributed by atoms with Crippen LogP contribution in [-0.2, 0) is 6.42 Å². The van der Waals surface area contributed by atoms with Gasteiger partial charge in [-0.1, -0.05) is 48.0 Å². The molecular weight excluding hydrogens is 266 g/mol. The predicted octanol–water partition coefficient (Wildman–Crippen LogP) is 4.32. The van der Waals surface area contributed by atoms with Crippen LogP contribution in [-0.4, -0.2) is 0 Å². The van der Waals surface area contributed by atoms with Gasteiger partial charge in [0, 0.05) is 11.1 Å². The molecule has 4 rings (SSSR count). The molecule has 0 bridgehead atoms. The molecular formula is C18H18ClN. The van der Waals surface area contributed by atoms with E-state index in [0.717, 1.165) is 10.9 Å². The standard InChI is InChI=1S/C18H18ClN/c19-13-8-5-12(6-9-13)18(20)17-15-10-7-11-3-1-2-4-14(11)16(15)17/h1-6,8-9,15-18H,7,10,20H2. The largest absolute Gasteiger partial charge is 0.324 e. The molecule has 0 heterocycles. The van der Waals surface area contributed by atoms with Gasteiger partial charge in [0.15, 0.2) is 0 Å². The average Bonchev–Trinajstić information content (AvgIpc) is 3.22. The summed E-state index contributed by atoms with van der Waals surface area (Å²) >= 11 is 5.96. The van der Waals surface area contributed by atoms with Crippen LogP contribution in [0.25, 0.3) is 0 Å². The van der Waals surface area contributed by atoms with Crippen molar-refractivity contribution in [1.29, 1.82) is 0 Å². The monoisotopic (exact) mass is 283 g/mol. The molecule has 0 aliphatic heterocycles. The first-order valence-corrected chi connectivity index (χ1v) is 7.72. The van der Waals surface area contributed by atoms with Crippen molar-refractivity contribution in [3.8, 4) is 0 Å². The van der Waals surface area contributed by atoms with Crippen molar-refractivity contribution in [3.05, 3.63) is 70.2 Å². The number of rotatable bonds is 2. The molecule has 0 radical (unpaired) electrons. The zero-order valence-corrected chi connectivity index (χ0v) is 12.1. The van der Waals surface area contributed by atoms with Crippen molar-refractivity contribution in [2.75, 3.05) is 0 Å². The summed E-state index contributed by atoms with van der Waals surface area (Å²) in [5, 5.41) is 0.777. The Hall–Kier alpha value is -1.31. The quantitative estimate of drug-likeness (QED) is 0.873. The second-order valence-electron chi connectivity index (χ2n) is 6.08. The fraction of sp³-hybridized carbons (Fsp3) is 0.333. The van der Waals surface area contributed by atoms with E-state index >= 15 is 0 Å². The Kier molecular flexibility index (Phi) is 2.87. The van der Waals surface area contributed by atoms with Crippen molar-refractivity contribution in [2.24, 2.45) is 17.6 Å². The number of fused-ring (bicyclic) bond motifs is 3. The first kappa shape index (κ1) is 12.4. The fourth-order valence-corrected chi connectivity index (χ4v) is 4.14. The third-order valence-corrected chi connectivity index (χ3v) is 5.31. The number of hydrogen-bond acceptors (Lipinski definition) is 1. The molecule has 1 fully saturated rings. The minimum absolute atomic E-state index is 0.133. The molecule has 2 aromatic carbocycles. The van der Waals surface area contributed by atoms with Gasteiger partial charge in [-0.25, -0.2) is 0 Å². The lowest BCUT2D eigenvalue weighted by Crippen LogP contribution is -2.14. The third-order valence-electron chi connectivity index (χ3n) is 5.06. The molecule has 20 heavy (non-hydrogen) atoms. The zero-order chi connectivity index (χ0) is 13.7. The maximum Gasteiger partial charge on any atom is 0.0406 e. The highest BCUT2D eigenvalue weighted by Gasteiger charge is 2.55. The Morgan fingerprint density at radius 3 is 2.60 bits per heavy atom. The van der Waals surface area contributed by atoms with Crippen LogP contribution in [0.1, 0.15) is 35.1 Å². The molecule has 1 nitrogen and oxygen atoms in total. The van der Waals surface area contributed by atoms with Crippen LogP contribution in [0.5, 0.6) is 0 Å². The first-order chi connectivity index (χ1) is 9.75. The SMILES string of the molecule is NC(c1ccc(Cl)cc1)C1C2CCc3ccccc3C21. The highest BCUT2D eigenvalue weighted by atomic mass is 35.5. The lowest BCUT2D eigenvalue weighted by Gasteiger charge is -2.14. The van der Waals surface area contributed by atoms with Gasteiger partial charge >= 0.3 is 0 Å². The van der Waals surface area contributed by atoms with E-state index in [4.69, 9.17) is 17.3 Å². The summed E-state index contributed by atoms with van der Waals surface area (Å²) in [5.74, 6) is 2.04. The minimum atomic E-state index is 0.133. The van der Waals surface area contributed by atoms with E-state index < -0.39 is 0 Å². The number of halogens is 1. The van der Waals surface area contributed by atoms with Crippen LogP contribution in [0.3, 0.4) is 0 Å². The molecule has 2 heteroatoms. The first-order valence-electron chi connectivity index (χ1n) is 7.34. The van der Waals surface area contributed by atoms with E-state index in [1.165, 1.54) is 29.5 Å². The average molecular weight is 284 g/mol. The molecule has 2 N–H and O–H groups in total. The van der Waals surface area contributed by atoms with Gasteiger partial charge in [0.1, 0.15) is 0 Å². The normalized spacial score (nSPS) is 28.4. The Morgan fingerprint density at radius 1 is 1.05 bits per heavy atom. The minimum Gasteiger partial charge on any atom is -0.324 e. The Labute approximate surface area is 124 Å². The zero-order valence-electron chi connectivity index (χ0n) is 11.3. The molecule has 2 aliphatic rings. The summed E-state index contributed by atoms with van der Waals surface area (Å²) in [6, 6.07) is 17.0. The maximum absolute atomic E-state index is 6.52. The molecule has 4 atom stereocenters. The molecule has 102 valence electrons. The van der Waals surface area contributed by atoms with E-state index in [1.807, 2.05) is 12.1 Å². The van der Waals surface area contributed by atoms with Crippen LogP contribution in [0.15, 0.2) is 48.5 Å². The molecule has 0 spiro atoms. The number of aryl methyl sites for hydroxylation is 1. The molecule has 0 saturated heterocycles. The van der Waals surface area contributed by atoms with Crippen molar-refractivity contribution >= 4 is 11.6 Å². The fourth-order valence-electron chi connectivity index (χ4n) is 4.02. The lowest BCUT2D eigenvalue weighted by atomic mass is 9.92. The van der Waals surface area contributed by atoms with Crippen molar-refractivity contribution in [3.63, 3.8) is 0 Å². The van der Waals surface area contributed by atoms with Gasteiger partial charge in [-0.05, 0) is 59.4 Å². The molecule has 0 amide bonds. The number of benzene rings is 2. The van der Waals surface area contributed by atoms with Gasteiger partial charge in [-0.2, -0.15) is 0 Å². The molecule has 2 aliphatic carbocycles. The van der Waals surface area contributed by atoms with Gasteiger partial charge < -0.3 is 5.73 Å². The van der Waals surface area contributed by atoms with Crippen LogP contribution >= 0.6 is 11.6 Å². The van der Waals surface area contributed by atoms with E-state index in [0.29, 0.717) is 11.8 Å². The van der Waals surface area contributed by atoms with Crippen molar-refractivity contribution < 1.29 is 0 Å². The second kappa shape index (κ2) is 4.61. The number of hydrogen-bond donors (Lipinski definition) is 1. The van der Waals surface area contributed by atoms with E-state index in [9.17, 15) is 0 Å². The molecule has 0 aromatic heterocycles. The van der Waals surface area contributed by atoms with Gasteiger partial charge in [0.2, 0.25) is 0 Å². The summed E-state index contributed by atoms with van der Waals surface area (Å²) < 4.78 is 0. The van der Waals surface area contributed by atoms with E-state index in [1.54, 1.807) is 0 Å². The summed E-state index contributed by atoms with van der Waals surface area (Å²) in [7, 11) is 0. The molecule has 1 saturated carbocycles. The van der Waals surface area contributed by atoms with Gasteiger partial charge in [0.05, 0.1) is 0 Å². The van der Waals surface area contributed by atoms with Gasteiger partial charge in [0.25, 0.3) is 0 Å². The highest BCUT2D eigenvalue weighted by Crippen LogP contribution is 2.63. The Bertz CT molecular complexity index is 634.